The second kappa shape index (κ2) is 9.11. The van der Waals surface area contributed by atoms with Crippen LogP contribution in [0.4, 0.5) is 11.8 Å². The van der Waals surface area contributed by atoms with Crippen molar-refractivity contribution in [1.29, 1.82) is 0 Å². The van der Waals surface area contributed by atoms with Crippen molar-refractivity contribution in [3.8, 4) is 5.75 Å². The Kier molecular flexibility index (Phi) is 6.57. The average molecular weight is 399 g/mol. The van der Waals surface area contributed by atoms with E-state index in [4.69, 9.17) is 26.3 Å². The first-order valence-electron chi connectivity index (χ1n) is 9.57. The predicted molar refractivity (Wildman–Crippen MR) is 118 cm³/mol. The standard InChI is InChI=1S/C22H27ClN4O/c1-5-6-11-27(3)22-25-19-9-7-15(2)12-17(19)21(26-22)24-14-16-8-10-20(28-4)18(23)13-16/h7-10,12-13H,5-6,11,14H2,1-4H3,(H,24,25,26). The third-order valence-electron chi connectivity index (χ3n) is 4.70. The van der Waals surface area contributed by atoms with E-state index < -0.39 is 0 Å². The van der Waals surface area contributed by atoms with Crippen LogP contribution in [0.2, 0.25) is 5.02 Å². The highest BCUT2D eigenvalue weighted by Gasteiger charge is 2.12. The van der Waals surface area contributed by atoms with Crippen molar-refractivity contribution in [1.82, 2.24) is 9.97 Å². The highest BCUT2D eigenvalue weighted by molar-refractivity contribution is 6.32. The zero-order valence-electron chi connectivity index (χ0n) is 16.9. The normalized spacial score (nSPS) is 10.9. The summed E-state index contributed by atoms with van der Waals surface area (Å²) in [5.74, 6) is 2.24. The molecule has 1 aromatic heterocycles. The first kappa shape index (κ1) is 20.2. The van der Waals surface area contributed by atoms with Crippen LogP contribution in [0.3, 0.4) is 0 Å². The summed E-state index contributed by atoms with van der Waals surface area (Å²) in [6.45, 7) is 5.81. The van der Waals surface area contributed by atoms with Gasteiger partial charge in [-0.25, -0.2) is 4.98 Å². The van der Waals surface area contributed by atoms with Crippen LogP contribution in [0.25, 0.3) is 10.9 Å². The number of halogens is 1. The molecule has 0 unspecified atom stereocenters. The zero-order valence-corrected chi connectivity index (χ0v) is 17.7. The van der Waals surface area contributed by atoms with Crippen LogP contribution >= 0.6 is 11.6 Å². The third kappa shape index (κ3) is 4.65. The van der Waals surface area contributed by atoms with Crippen LogP contribution in [0.15, 0.2) is 36.4 Å². The van der Waals surface area contributed by atoms with Crippen molar-refractivity contribution in [2.75, 3.05) is 30.9 Å². The summed E-state index contributed by atoms with van der Waals surface area (Å²) in [6, 6.07) is 12.0. The molecule has 0 radical (unpaired) electrons. The fourth-order valence-electron chi connectivity index (χ4n) is 3.04. The van der Waals surface area contributed by atoms with Gasteiger partial charge in [0.05, 0.1) is 17.6 Å². The minimum absolute atomic E-state index is 0.602. The molecule has 0 spiro atoms. The van der Waals surface area contributed by atoms with Crippen molar-refractivity contribution in [2.24, 2.45) is 0 Å². The lowest BCUT2D eigenvalue weighted by molar-refractivity contribution is 0.415. The quantitative estimate of drug-likeness (QED) is 0.546. The van der Waals surface area contributed by atoms with Gasteiger partial charge in [0.2, 0.25) is 5.95 Å². The molecule has 0 amide bonds. The van der Waals surface area contributed by atoms with Gasteiger partial charge in [-0.1, -0.05) is 42.6 Å². The van der Waals surface area contributed by atoms with Gasteiger partial charge < -0.3 is 15.0 Å². The van der Waals surface area contributed by atoms with Crippen LogP contribution in [-0.4, -0.2) is 30.7 Å². The van der Waals surface area contributed by atoms with Gasteiger partial charge in [0.1, 0.15) is 11.6 Å². The number of nitrogens with one attached hydrogen (secondary N) is 1. The van der Waals surface area contributed by atoms with Gasteiger partial charge in [-0.3, -0.25) is 0 Å². The Morgan fingerprint density at radius 3 is 2.68 bits per heavy atom. The molecule has 0 fully saturated rings. The molecule has 5 nitrogen and oxygen atoms in total. The molecule has 1 N–H and O–H groups in total. The fraction of sp³-hybridized carbons (Fsp3) is 0.364. The number of aromatic nitrogens is 2. The van der Waals surface area contributed by atoms with Crippen molar-refractivity contribution in [3.63, 3.8) is 0 Å². The minimum atomic E-state index is 0.602. The Bertz CT molecular complexity index is 961. The smallest absolute Gasteiger partial charge is 0.227 e. The number of hydrogen-bond acceptors (Lipinski definition) is 5. The summed E-state index contributed by atoms with van der Waals surface area (Å²) in [6.07, 6.45) is 2.25. The molecule has 0 aliphatic carbocycles. The first-order chi connectivity index (χ1) is 13.5. The molecular formula is C22H27ClN4O. The first-order valence-corrected chi connectivity index (χ1v) is 9.95. The number of rotatable bonds is 8. The van der Waals surface area contributed by atoms with Gasteiger partial charge in [0, 0.05) is 25.5 Å². The summed E-state index contributed by atoms with van der Waals surface area (Å²) in [5.41, 5.74) is 3.18. The summed E-state index contributed by atoms with van der Waals surface area (Å²) < 4.78 is 5.23. The maximum Gasteiger partial charge on any atom is 0.227 e. The number of unbranched alkanes of at least 4 members (excludes halogenated alkanes) is 1. The lowest BCUT2D eigenvalue weighted by Gasteiger charge is -2.19. The maximum absolute atomic E-state index is 6.26. The molecule has 3 aromatic rings. The number of hydrogen-bond donors (Lipinski definition) is 1. The van der Waals surface area contributed by atoms with Gasteiger partial charge >= 0.3 is 0 Å². The Balaban J connectivity index is 1.91. The number of fused-ring (bicyclic) bond motifs is 1. The van der Waals surface area contributed by atoms with E-state index in [0.717, 1.165) is 47.6 Å². The van der Waals surface area contributed by atoms with Crippen molar-refractivity contribution >= 4 is 34.3 Å². The van der Waals surface area contributed by atoms with E-state index in [2.05, 4.69) is 42.3 Å². The van der Waals surface area contributed by atoms with Gasteiger partial charge in [-0.15, -0.1) is 0 Å². The van der Waals surface area contributed by atoms with Crippen LogP contribution in [0, 0.1) is 6.92 Å². The van der Waals surface area contributed by atoms with Crippen LogP contribution in [-0.2, 0) is 6.54 Å². The molecule has 148 valence electrons. The Labute approximate surface area is 171 Å². The summed E-state index contributed by atoms with van der Waals surface area (Å²) in [4.78, 5) is 11.7. The molecule has 28 heavy (non-hydrogen) atoms. The monoisotopic (exact) mass is 398 g/mol. The number of aryl methyl sites for hydroxylation is 1. The Hall–Kier alpha value is -2.53. The average Bonchev–Trinajstić information content (AvgIpc) is 2.70. The number of anilines is 2. The molecule has 0 saturated heterocycles. The van der Waals surface area contributed by atoms with Gasteiger partial charge in [-0.05, 0) is 43.2 Å². The summed E-state index contributed by atoms with van der Waals surface area (Å²) in [5, 5.41) is 5.09. The third-order valence-corrected chi connectivity index (χ3v) is 5.00. The fourth-order valence-corrected chi connectivity index (χ4v) is 3.32. The van der Waals surface area contributed by atoms with E-state index in [1.807, 2.05) is 25.2 Å². The molecular weight excluding hydrogens is 372 g/mol. The molecule has 0 atom stereocenters. The summed E-state index contributed by atoms with van der Waals surface area (Å²) >= 11 is 6.26. The topological polar surface area (TPSA) is 50.3 Å². The zero-order chi connectivity index (χ0) is 20.1. The molecule has 0 aliphatic heterocycles. The van der Waals surface area contributed by atoms with E-state index in [9.17, 15) is 0 Å². The van der Waals surface area contributed by atoms with Gasteiger partial charge in [-0.2, -0.15) is 4.98 Å². The summed E-state index contributed by atoms with van der Waals surface area (Å²) in [7, 11) is 3.66. The molecule has 6 heteroatoms. The van der Waals surface area contributed by atoms with Crippen molar-refractivity contribution < 1.29 is 4.74 Å². The highest BCUT2D eigenvalue weighted by Crippen LogP contribution is 2.27. The molecule has 0 saturated carbocycles. The van der Waals surface area contributed by atoms with Gasteiger partial charge in [0.25, 0.3) is 0 Å². The van der Waals surface area contributed by atoms with Crippen LogP contribution < -0.4 is 15.0 Å². The molecule has 0 aliphatic rings. The predicted octanol–water partition coefficient (Wildman–Crippen LogP) is 5.45. The van der Waals surface area contributed by atoms with Crippen molar-refractivity contribution in [2.45, 2.75) is 33.2 Å². The lowest BCUT2D eigenvalue weighted by atomic mass is 10.1. The highest BCUT2D eigenvalue weighted by atomic mass is 35.5. The molecule has 2 aromatic carbocycles. The Morgan fingerprint density at radius 1 is 1.14 bits per heavy atom. The largest absolute Gasteiger partial charge is 0.495 e. The van der Waals surface area contributed by atoms with Crippen molar-refractivity contribution in [3.05, 3.63) is 52.5 Å². The number of methoxy groups -OCH3 is 1. The SMILES string of the molecule is CCCCN(C)c1nc(NCc2ccc(OC)c(Cl)c2)c2cc(C)ccc2n1. The van der Waals surface area contributed by atoms with Crippen LogP contribution in [0.5, 0.6) is 5.75 Å². The van der Waals surface area contributed by atoms with Gasteiger partial charge in [0.15, 0.2) is 0 Å². The van der Waals surface area contributed by atoms with E-state index in [1.165, 1.54) is 5.56 Å². The number of benzene rings is 2. The second-order valence-electron chi connectivity index (χ2n) is 6.99. The molecule has 0 bridgehead atoms. The second-order valence-corrected chi connectivity index (χ2v) is 7.40. The van der Waals surface area contributed by atoms with E-state index in [-0.39, 0.29) is 0 Å². The minimum Gasteiger partial charge on any atom is -0.495 e. The number of ether oxygens (including phenoxy) is 1. The molecule has 1 heterocycles. The van der Waals surface area contributed by atoms with E-state index >= 15 is 0 Å². The number of nitrogens with zero attached hydrogens (tertiary/aromatic N) is 3. The lowest BCUT2D eigenvalue weighted by Crippen LogP contribution is -2.21. The maximum atomic E-state index is 6.26. The van der Waals surface area contributed by atoms with E-state index in [0.29, 0.717) is 17.3 Å². The van der Waals surface area contributed by atoms with E-state index in [1.54, 1.807) is 7.11 Å². The Morgan fingerprint density at radius 2 is 1.96 bits per heavy atom. The van der Waals surface area contributed by atoms with Crippen LogP contribution in [0.1, 0.15) is 30.9 Å². The molecule has 3 rings (SSSR count).